The molecule has 3 amide bonds. The van der Waals surface area contributed by atoms with Crippen LogP contribution in [0.3, 0.4) is 0 Å². The summed E-state index contributed by atoms with van der Waals surface area (Å²) in [6, 6.07) is 1.82. The number of carbonyl (C=O) groups excluding carboxylic acids is 3. The lowest BCUT2D eigenvalue weighted by atomic mass is 9.85. The summed E-state index contributed by atoms with van der Waals surface area (Å²) in [5, 5.41) is 0.856. The third-order valence-electron chi connectivity index (χ3n) is 7.16. The molecule has 3 aliphatic rings. The minimum atomic E-state index is -0.457. The Bertz CT molecular complexity index is 1080. The molecule has 4 rings (SSSR count). The highest BCUT2D eigenvalue weighted by atomic mass is 35.5. The zero-order chi connectivity index (χ0) is 24.6. The second-order valence-corrected chi connectivity index (χ2v) is 10.1. The van der Waals surface area contributed by atoms with Crippen LogP contribution in [0, 0.1) is 11.8 Å². The number of ether oxygens (including phenoxy) is 1. The van der Waals surface area contributed by atoms with Gasteiger partial charge in [0.05, 0.1) is 22.6 Å². The predicted molar refractivity (Wildman–Crippen MR) is 132 cm³/mol. The van der Waals surface area contributed by atoms with Crippen LogP contribution in [0.15, 0.2) is 22.7 Å². The first-order valence-corrected chi connectivity index (χ1v) is 12.3. The fraction of sp³-hybridized carbons (Fsp3) is 0.520. The molecule has 3 aliphatic heterocycles. The average molecular weight is 506 g/mol. The van der Waals surface area contributed by atoms with Crippen molar-refractivity contribution in [1.29, 1.82) is 0 Å². The first-order chi connectivity index (χ1) is 16.2. The molecule has 0 saturated carbocycles. The largest absolute Gasteiger partial charge is 0.376 e. The summed E-state index contributed by atoms with van der Waals surface area (Å²) in [6.07, 6.45) is 4.52. The number of benzene rings is 1. The van der Waals surface area contributed by atoms with E-state index in [-0.39, 0.29) is 30.4 Å². The van der Waals surface area contributed by atoms with Crippen molar-refractivity contribution in [3.63, 3.8) is 0 Å². The van der Waals surface area contributed by atoms with E-state index in [1.807, 2.05) is 19.1 Å². The summed E-state index contributed by atoms with van der Waals surface area (Å²) in [4.78, 5) is 44.7. The molecule has 0 spiro atoms. The molecule has 9 heteroatoms. The molecule has 7 nitrogen and oxygen atoms in total. The van der Waals surface area contributed by atoms with Gasteiger partial charge >= 0.3 is 0 Å². The Labute approximate surface area is 209 Å². The number of amides is 3. The molecule has 34 heavy (non-hydrogen) atoms. The number of nitrogens with zero attached hydrogens (tertiary/aromatic N) is 3. The van der Waals surface area contributed by atoms with Gasteiger partial charge in [-0.25, -0.2) is 4.99 Å². The summed E-state index contributed by atoms with van der Waals surface area (Å²) in [6.45, 7) is 5.70. The molecule has 0 bridgehead atoms. The number of piperidine rings is 1. The van der Waals surface area contributed by atoms with Gasteiger partial charge in [0.2, 0.25) is 6.41 Å². The molecule has 1 saturated heterocycles. The van der Waals surface area contributed by atoms with Crippen LogP contribution in [-0.2, 0) is 20.7 Å². The maximum absolute atomic E-state index is 13.6. The number of hydrogen-bond acceptors (Lipinski definition) is 4. The van der Waals surface area contributed by atoms with E-state index in [9.17, 15) is 14.4 Å². The van der Waals surface area contributed by atoms with Gasteiger partial charge in [0, 0.05) is 49.6 Å². The molecule has 1 fully saturated rings. The Kier molecular flexibility index (Phi) is 7.45. The predicted octanol–water partition coefficient (Wildman–Crippen LogP) is 4.11. The Balaban J connectivity index is 1.62. The van der Waals surface area contributed by atoms with Crippen LogP contribution < -0.4 is 0 Å². The molecule has 3 heterocycles. The van der Waals surface area contributed by atoms with Crippen molar-refractivity contribution in [1.82, 2.24) is 9.80 Å². The van der Waals surface area contributed by atoms with Gasteiger partial charge in [-0.05, 0) is 56.7 Å². The lowest BCUT2D eigenvalue weighted by molar-refractivity contribution is -0.121. The minimum Gasteiger partial charge on any atom is -0.376 e. The summed E-state index contributed by atoms with van der Waals surface area (Å²) in [5.41, 5.74) is 3.40. The second kappa shape index (κ2) is 10.2. The fourth-order valence-electron chi connectivity index (χ4n) is 5.29. The van der Waals surface area contributed by atoms with Crippen molar-refractivity contribution in [2.75, 3.05) is 33.3 Å². The Morgan fingerprint density at radius 1 is 1.21 bits per heavy atom. The Hall–Kier alpha value is -2.22. The molecule has 0 aliphatic carbocycles. The van der Waals surface area contributed by atoms with Gasteiger partial charge in [0.1, 0.15) is 0 Å². The van der Waals surface area contributed by atoms with Gasteiger partial charge in [0.15, 0.2) is 0 Å². The van der Waals surface area contributed by atoms with Gasteiger partial charge < -0.3 is 14.5 Å². The second-order valence-electron chi connectivity index (χ2n) is 9.28. The smallest absolute Gasteiger partial charge is 0.255 e. The van der Waals surface area contributed by atoms with E-state index in [1.54, 1.807) is 23.8 Å². The zero-order valence-electron chi connectivity index (χ0n) is 19.6. The number of dihydropyridines is 1. The molecule has 0 aromatic heterocycles. The van der Waals surface area contributed by atoms with E-state index in [0.29, 0.717) is 52.9 Å². The lowest BCUT2D eigenvalue weighted by Crippen LogP contribution is -2.43. The van der Waals surface area contributed by atoms with Gasteiger partial charge in [-0.3, -0.25) is 14.4 Å². The zero-order valence-corrected chi connectivity index (χ0v) is 21.2. The monoisotopic (exact) mass is 505 g/mol. The Morgan fingerprint density at radius 3 is 2.53 bits per heavy atom. The lowest BCUT2D eigenvalue weighted by Gasteiger charge is -2.36. The van der Waals surface area contributed by atoms with Crippen LogP contribution >= 0.6 is 23.2 Å². The number of rotatable bonds is 6. The first kappa shape index (κ1) is 24.9. The average Bonchev–Trinajstić information content (AvgIpc) is 2.81. The highest BCUT2D eigenvalue weighted by molar-refractivity contribution is 6.37. The molecule has 1 aromatic carbocycles. The van der Waals surface area contributed by atoms with E-state index < -0.39 is 5.92 Å². The molecular formula is C25H29Cl2N3O4. The highest BCUT2D eigenvalue weighted by Crippen LogP contribution is 2.42. The molecular weight excluding hydrogens is 477 g/mol. The van der Waals surface area contributed by atoms with E-state index in [0.717, 1.165) is 30.4 Å². The van der Waals surface area contributed by atoms with Gasteiger partial charge in [-0.2, -0.15) is 0 Å². The van der Waals surface area contributed by atoms with Crippen molar-refractivity contribution in [2.24, 2.45) is 16.8 Å². The van der Waals surface area contributed by atoms with E-state index >= 15 is 0 Å². The molecule has 1 aromatic rings. The number of carbonyl (C=O) groups is 3. The third kappa shape index (κ3) is 4.66. The van der Waals surface area contributed by atoms with Crippen LogP contribution in [-0.4, -0.2) is 67.0 Å². The van der Waals surface area contributed by atoms with Crippen LogP contribution in [0.4, 0.5) is 0 Å². The maximum Gasteiger partial charge on any atom is 0.255 e. The number of aliphatic imine (C=N–C) groups is 1. The molecule has 0 radical (unpaired) electrons. The molecule has 2 unspecified atom stereocenters. The van der Waals surface area contributed by atoms with Crippen molar-refractivity contribution in [2.45, 2.75) is 39.2 Å². The van der Waals surface area contributed by atoms with Crippen LogP contribution in [0.5, 0.6) is 0 Å². The quantitative estimate of drug-likeness (QED) is 0.544. The number of hydrogen-bond donors (Lipinski definition) is 0. The van der Waals surface area contributed by atoms with Gasteiger partial charge in [0.25, 0.3) is 11.8 Å². The highest BCUT2D eigenvalue weighted by Gasteiger charge is 2.36. The van der Waals surface area contributed by atoms with E-state index in [2.05, 4.69) is 4.99 Å². The van der Waals surface area contributed by atoms with Crippen molar-refractivity contribution in [3.8, 4) is 0 Å². The van der Waals surface area contributed by atoms with Crippen molar-refractivity contribution >= 4 is 47.1 Å². The van der Waals surface area contributed by atoms with Crippen LogP contribution in [0.2, 0.25) is 10.0 Å². The number of halogens is 2. The first-order valence-electron chi connectivity index (χ1n) is 11.5. The number of fused-ring (bicyclic) bond motifs is 1. The van der Waals surface area contributed by atoms with Crippen molar-refractivity contribution in [3.05, 3.63) is 44.5 Å². The normalized spacial score (nSPS) is 22.3. The fourth-order valence-corrected chi connectivity index (χ4v) is 5.95. The topological polar surface area (TPSA) is 79.3 Å². The van der Waals surface area contributed by atoms with Crippen LogP contribution in [0.1, 0.15) is 54.3 Å². The van der Waals surface area contributed by atoms with E-state index in [4.69, 9.17) is 27.9 Å². The minimum absolute atomic E-state index is 0.149. The van der Waals surface area contributed by atoms with Gasteiger partial charge in [-0.15, -0.1) is 0 Å². The number of methoxy groups -OCH3 is 1. The van der Waals surface area contributed by atoms with Crippen LogP contribution in [0.25, 0.3) is 0 Å². The SMILES string of the molecule is COC(c1cc(Cl)c2c(c1Cl)C(=O)N(CC1C(=O)N=C(C)C=C1C)CC2)C1CCN(C=O)CC1. The third-order valence-corrected chi connectivity index (χ3v) is 7.91. The molecule has 0 N–H and O–H groups in total. The molecule has 2 atom stereocenters. The summed E-state index contributed by atoms with van der Waals surface area (Å²) in [7, 11) is 1.63. The summed E-state index contributed by atoms with van der Waals surface area (Å²) in [5.74, 6) is -0.764. The number of likely N-dealkylation sites (tertiary alicyclic amines) is 1. The molecule has 182 valence electrons. The van der Waals surface area contributed by atoms with E-state index in [1.165, 1.54) is 0 Å². The van der Waals surface area contributed by atoms with Gasteiger partial charge in [-0.1, -0.05) is 28.8 Å². The maximum atomic E-state index is 13.6. The number of allylic oxidation sites excluding steroid dienone is 1. The summed E-state index contributed by atoms with van der Waals surface area (Å²) < 4.78 is 5.85. The Morgan fingerprint density at radius 2 is 1.91 bits per heavy atom. The standard InChI is InChI=1S/C25H29Cl2N3O4/c1-14-10-15(2)28-24(32)19(14)12-30-9-6-17-20(26)11-18(22(27)21(17)25(30)33)23(34-3)16-4-7-29(13-31)8-5-16/h10-11,13,16,19,23H,4-9,12H2,1-3H3. The van der Waals surface area contributed by atoms with Crippen molar-refractivity contribution < 1.29 is 19.1 Å². The summed E-state index contributed by atoms with van der Waals surface area (Å²) >= 11 is 13.5.